The van der Waals surface area contributed by atoms with Gasteiger partial charge in [-0.05, 0) is 36.8 Å². The van der Waals surface area contributed by atoms with Gasteiger partial charge in [0.2, 0.25) is 5.91 Å². The summed E-state index contributed by atoms with van der Waals surface area (Å²) in [6.07, 6.45) is 0. The van der Waals surface area contributed by atoms with Crippen molar-refractivity contribution in [3.63, 3.8) is 0 Å². The second-order valence-corrected chi connectivity index (χ2v) is 8.24. The Kier molecular flexibility index (Phi) is 6.98. The Morgan fingerprint density at radius 2 is 1.59 bits per heavy atom. The maximum Gasteiger partial charge on any atom is 0.269 e. The Balaban J connectivity index is 1.50. The van der Waals surface area contributed by atoms with Gasteiger partial charge in [-0.25, -0.2) is 0 Å². The Hall–Kier alpha value is -4.04. The summed E-state index contributed by atoms with van der Waals surface area (Å²) in [6, 6.07) is 22.6. The van der Waals surface area contributed by atoms with Gasteiger partial charge in [0.25, 0.3) is 5.69 Å². The van der Waals surface area contributed by atoms with E-state index in [1.165, 1.54) is 19.1 Å². The van der Waals surface area contributed by atoms with E-state index in [2.05, 4.69) is 15.1 Å². The van der Waals surface area contributed by atoms with Gasteiger partial charge in [-0.2, -0.15) is 0 Å². The predicted molar refractivity (Wildman–Crippen MR) is 131 cm³/mol. The molecular formula is C26H26N4O4. The number of anilines is 2. The molecule has 0 saturated carbocycles. The molecule has 174 valence electrons. The van der Waals surface area contributed by atoms with Crippen LogP contribution in [0.5, 0.6) is 0 Å². The first-order chi connectivity index (χ1) is 16.4. The summed E-state index contributed by atoms with van der Waals surface area (Å²) < 4.78 is 0. The summed E-state index contributed by atoms with van der Waals surface area (Å²) >= 11 is 0. The van der Waals surface area contributed by atoms with Gasteiger partial charge in [0.1, 0.15) is 6.04 Å². The number of piperazine rings is 1. The summed E-state index contributed by atoms with van der Waals surface area (Å²) in [6.45, 7) is 4.18. The fourth-order valence-corrected chi connectivity index (χ4v) is 4.21. The Morgan fingerprint density at radius 3 is 2.21 bits per heavy atom. The minimum atomic E-state index is -0.485. The third-order valence-electron chi connectivity index (χ3n) is 6.01. The smallest absolute Gasteiger partial charge is 0.269 e. The van der Waals surface area contributed by atoms with Crippen molar-refractivity contribution in [3.05, 3.63) is 100 Å². The average molecular weight is 459 g/mol. The van der Waals surface area contributed by atoms with E-state index in [9.17, 15) is 19.7 Å². The number of benzene rings is 3. The van der Waals surface area contributed by atoms with Crippen LogP contribution in [0.3, 0.4) is 0 Å². The third-order valence-corrected chi connectivity index (χ3v) is 6.01. The molecule has 4 rings (SSSR count). The highest BCUT2D eigenvalue weighted by Crippen LogP contribution is 2.27. The minimum absolute atomic E-state index is 0.0573. The molecule has 0 spiro atoms. The number of rotatable bonds is 7. The van der Waals surface area contributed by atoms with Gasteiger partial charge in [0.05, 0.1) is 4.92 Å². The van der Waals surface area contributed by atoms with E-state index in [0.717, 1.165) is 11.3 Å². The molecule has 1 N–H and O–H groups in total. The normalized spacial score (nSPS) is 14.9. The highest BCUT2D eigenvalue weighted by molar-refractivity contribution is 5.98. The summed E-state index contributed by atoms with van der Waals surface area (Å²) in [5.41, 5.74) is 3.02. The van der Waals surface area contributed by atoms with E-state index in [0.29, 0.717) is 37.4 Å². The zero-order chi connectivity index (χ0) is 24.1. The highest BCUT2D eigenvalue weighted by Gasteiger charge is 2.30. The van der Waals surface area contributed by atoms with Crippen LogP contribution in [0.1, 0.15) is 28.9 Å². The molecule has 0 aliphatic carbocycles. The Morgan fingerprint density at radius 1 is 0.912 bits per heavy atom. The summed E-state index contributed by atoms with van der Waals surface area (Å²) in [5, 5.41) is 13.9. The Labute approximate surface area is 198 Å². The van der Waals surface area contributed by atoms with Crippen molar-refractivity contribution in [2.75, 3.05) is 36.4 Å². The molecule has 3 aromatic rings. The number of amides is 1. The monoisotopic (exact) mass is 458 g/mol. The van der Waals surface area contributed by atoms with Crippen LogP contribution in [0.4, 0.5) is 17.1 Å². The molecule has 1 unspecified atom stereocenters. The van der Waals surface area contributed by atoms with Crippen molar-refractivity contribution in [2.24, 2.45) is 0 Å². The Bertz CT molecular complexity index is 1170. The highest BCUT2D eigenvalue weighted by atomic mass is 16.6. The fraction of sp³-hybridized carbons (Fsp3) is 0.231. The number of Topliss-reactive ketones (excluding diaryl/α,β-unsaturated/α-hetero) is 1. The molecule has 8 nitrogen and oxygen atoms in total. The van der Waals surface area contributed by atoms with Crippen LogP contribution in [0, 0.1) is 10.1 Å². The number of nitro benzene ring substituents is 1. The number of carbonyl (C=O) groups is 2. The molecule has 3 aromatic carbocycles. The molecule has 0 aromatic heterocycles. The molecule has 1 atom stereocenters. The van der Waals surface area contributed by atoms with Gasteiger partial charge in [-0.15, -0.1) is 0 Å². The SMILES string of the molecule is CC(=O)c1cccc(NC(=O)C(c2ccccc2)N2CCN(c3ccc([N+](=O)[O-])cc3)CC2)c1. The number of non-ortho nitro benzene ring substituents is 1. The number of carbonyl (C=O) groups excluding carboxylic acids is 2. The average Bonchev–Trinajstić information content (AvgIpc) is 2.85. The largest absolute Gasteiger partial charge is 0.369 e. The number of nitrogens with zero attached hydrogens (tertiary/aromatic N) is 3. The molecule has 8 heteroatoms. The zero-order valence-corrected chi connectivity index (χ0v) is 18.9. The van der Waals surface area contributed by atoms with Crippen molar-refractivity contribution >= 4 is 28.8 Å². The molecule has 1 aliphatic heterocycles. The second kappa shape index (κ2) is 10.3. The lowest BCUT2D eigenvalue weighted by molar-refractivity contribution is -0.384. The number of nitro groups is 1. The van der Waals surface area contributed by atoms with Crippen LogP contribution in [0.25, 0.3) is 0 Å². The molecule has 34 heavy (non-hydrogen) atoms. The maximum absolute atomic E-state index is 13.4. The van der Waals surface area contributed by atoms with Gasteiger partial charge >= 0.3 is 0 Å². The molecule has 1 heterocycles. The molecular weight excluding hydrogens is 432 g/mol. The number of hydrogen-bond donors (Lipinski definition) is 1. The van der Waals surface area contributed by atoms with Crippen molar-refractivity contribution in [1.29, 1.82) is 0 Å². The number of ketones is 1. The topological polar surface area (TPSA) is 95.8 Å². The fourth-order valence-electron chi connectivity index (χ4n) is 4.21. The maximum atomic E-state index is 13.4. The van der Waals surface area contributed by atoms with Crippen molar-refractivity contribution in [1.82, 2.24) is 4.90 Å². The van der Waals surface area contributed by atoms with Crippen molar-refractivity contribution in [3.8, 4) is 0 Å². The van der Waals surface area contributed by atoms with E-state index >= 15 is 0 Å². The van der Waals surface area contributed by atoms with Crippen LogP contribution >= 0.6 is 0 Å². The zero-order valence-electron chi connectivity index (χ0n) is 18.9. The van der Waals surface area contributed by atoms with Crippen LogP contribution in [0.15, 0.2) is 78.9 Å². The lowest BCUT2D eigenvalue weighted by Gasteiger charge is -2.39. The van der Waals surface area contributed by atoms with E-state index in [-0.39, 0.29) is 17.4 Å². The third kappa shape index (κ3) is 5.29. The van der Waals surface area contributed by atoms with Gasteiger partial charge < -0.3 is 10.2 Å². The summed E-state index contributed by atoms with van der Waals surface area (Å²) in [7, 11) is 0. The molecule has 1 fully saturated rings. The standard InChI is InChI=1S/C26H26N4O4/c1-19(31)21-8-5-9-22(18-21)27-26(32)25(20-6-3-2-4-7-20)29-16-14-28(15-17-29)23-10-12-24(13-11-23)30(33)34/h2-13,18,25H,14-17H2,1H3,(H,27,32). The first-order valence-electron chi connectivity index (χ1n) is 11.1. The van der Waals surface area contributed by atoms with Crippen molar-refractivity contribution < 1.29 is 14.5 Å². The van der Waals surface area contributed by atoms with E-state index in [1.54, 1.807) is 36.4 Å². The number of nitrogens with one attached hydrogen (secondary N) is 1. The first kappa shape index (κ1) is 23.1. The summed E-state index contributed by atoms with van der Waals surface area (Å²) in [4.78, 5) is 40.0. The quantitative estimate of drug-likeness (QED) is 0.322. The molecule has 1 amide bonds. The first-order valence-corrected chi connectivity index (χ1v) is 11.1. The van der Waals surface area contributed by atoms with Gasteiger partial charge in [0, 0.05) is 55.2 Å². The van der Waals surface area contributed by atoms with E-state index in [4.69, 9.17) is 0 Å². The number of hydrogen-bond acceptors (Lipinski definition) is 6. The summed E-state index contributed by atoms with van der Waals surface area (Å²) in [5.74, 6) is -0.214. The minimum Gasteiger partial charge on any atom is -0.369 e. The van der Waals surface area contributed by atoms with Gasteiger partial charge in [-0.3, -0.25) is 24.6 Å². The molecule has 0 bridgehead atoms. The van der Waals surface area contributed by atoms with Crippen molar-refractivity contribution in [2.45, 2.75) is 13.0 Å². The lowest BCUT2D eigenvalue weighted by atomic mass is 10.0. The second-order valence-electron chi connectivity index (χ2n) is 8.24. The molecule has 1 aliphatic rings. The van der Waals surface area contributed by atoms with Crippen LogP contribution in [0.2, 0.25) is 0 Å². The van der Waals surface area contributed by atoms with E-state index < -0.39 is 11.0 Å². The lowest BCUT2D eigenvalue weighted by Crippen LogP contribution is -2.50. The predicted octanol–water partition coefficient (Wildman–Crippen LogP) is 4.30. The molecule has 1 saturated heterocycles. The van der Waals surface area contributed by atoms with Crippen LogP contribution in [-0.2, 0) is 4.79 Å². The van der Waals surface area contributed by atoms with Gasteiger partial charge in [0.15, 0.2) is 5.78 Å². The van der Waals surface area contributed by atoms with Crippen LogP contribution < -0.4 is 10.2 Å². The van der Waals surface area contributed by atoms with Crippen LogP contribution in [-0.4, -0.2) is 47.7 Å². The van der Waals surface area contributed by atoms with E-state index in [1.807, 2.05) is 30.3 Å². The van der Waals surface area contributed by atoms with Gasteiger partial charge in [-0.1, -0.05) is 42.5 Å². The molecule has 0 radical (unpaired) electrons.